The number of alkyl halides is 1. The zero-order valence-electron chi connectivity index (χ0n) is 9.29. The molecule has 2 atom stereocenters. The number of carboxylic acid groups (broad SMARTS) is 1. The van der Waals surface area contributed by atoms with Gasteiger partial charge in [0.25, 0.3) is 5.69 Å². The Kier molecular flexibility index (Phi) is 4.92. The summed E-state index contributed by atoms with van der Waals surface area (Å²) in [4.78, 5) is 20.5. The fraction of sp³-hybridized carbons (Fsp3) is 0.300. The maximum absolute atomic E-state index is 13.6. The highest BCUT2D eigenvalue weighted by molar-refractivity contribution is 9.09. The predicted molar refractivity (Wildman–Crippen MR) is 64.8 cm³/mol. The number of aromatic carboxylic acids is 1. The molecule has 0 spiro atoms. The molecule has 0 fully saturated rings. The van der Waals surface area contributed by atoms with Crippen LogP contribution in [0.15, 0.2) is 12.1 Å². The fourth-order valence-corrected chi connectivity index (χ4v) is 1.77. The number of nitro benzene ring substituents is 1. The Balaban J connectivity index is 3.40. The van der Waals surface area contributed by atoms with Crippen LogP contribution in [0, 0.1) is 15.9 Å². The molecular weight excluding hydrogens is 329 g/mol. The molecule has 1 rings (SSSR count). The zero-order chi connectivity index (χ0) is 14.7. The highest BCUT2D eigenvalue weighted by atomic mass is 79.9. The van der Waals surface area contributed by atoms with E-state index in [0.717, 1.165) is 0 Å². The van der Waals surface area contributed by atoms with E-state index < -0.39 is 45.7 Å². The summed E-state index contributed by atoms with van der Waals surface area (Å²) in [5.41, 5.74) is -2.22. The minimum absolute atomic E-state index is 0.0813. The minimum Gasteiger partial charge on any atom is -0.477 e. The molecule has 0 bridgehead atoms. The largest absolute Gasteiger partial charge is 0.477 e. The van der Waals surface area contributed by atoms with Crippen LogP contribution in [0.25, 0.3) is 0 Å². The zero-order valence-corrected chi connectivity index (χ0v) is 10.9. The predicted octanol–water partition coefficient (Wildman–Crippen LogP) is 1.22. The molecule has 1 aromatic carbocycles. The van der Waals surface area contributed by atoms with E-state index in [0.29, 0.717) is 12.1 Å². The van der Waals surface area contributed by atoms with Gasteiger partial charge in [-0.1, -0.05) is 15.9 Å². The van der Waals surface area contributed by atoms with Crippen molar-refractivity contribution in [1.29, 1.82) is 0 Å². The summed E-state index contributed by atoms with van der Waals surface area (Å²) in [6.07, 6.45) is -3.09. The van der Waals surface area contributed by atoms with Gasteiger partial charge in [0.1, 0.15) is 17.5 Å². The molecule has 0 saturated carbocycles. The van der Waals surface area contributed by atoms with Crippen molar-refractivity contribution in [2.24, 2.45) is 0 Å². The number of nitro groups is 1. The molecule has 19 heavy (non-hydrogen) atoms. The number of benzene rings is 1. The Morgan fingerprint density at radius 2 is 2.05 bits per heavy atom. The normalized spacial score (nSPS) is 13.9. The molecule has 0 aliphatic heterocycles. The van der Waals surface area contributed by atoms with Crippen molar-refractivity contribution in [2.75, 3.05) is 5.33 Å². The standard InChI is InChI=1S/C10H9BrFNO6/c11-3-8(14)9(15)4-2-7(13(18)19)5(10(16)17)1-6(4)12/h1-2,8-9,14-15H,3H2,(H,16,17). The van der Waals surface area contributed by atoms with Gasteiger partial charge in [0.15, 0.2) is 0 Å². The van der Waals surface area contributed by atoms with Crippen molar-refractivity contribution in [3.05, 3.63) is 39.2 Å². The van der Waals surface area contributed by atoms with E-state index >= 15 is 0 Å². The van der Waals surface area contributed by atoms with E-state index in [2.05, 4.69) is 15.9 Å². The summed E-state index contributed by atoms with van der Waals surface area (Å²) in [6, 6.07) is 1.05. The third-order valence-corrected chi connectivity index (χ3v) is 3.05. The van der Waals surface area contributed by atoms with Crippen LogP contribution in [0.2, 0.25) is 0 Å². The summed E-state index contributed by atoms with van der Waals surface area (Å²) in [5, 5.41) is 38.3. The first-order chi connectivity index (χ1) is 8.79. The fourth-order valence-electron chi connectivity index (χ4n) is 1.42. The maximum Gasteiger partial charge on any atom is 0.342 e. The van der Waals surface area contributed by atoms with E-state index in [-0.39, 0.29) is 5.33 Å². The number of aliphatic hydroxyl groups is 2. The Labute approximate surface area is 114 Å². The first-order valence-electron chi connectivity index (χ1n) is 4.92. The maximum atomic E-state index is 13.6. The molecule has 2 unspecified atom stereocenters. The van der Waals surface area contributed by atoms with Crippen LogP contribution >= 0.6 is 15.9 Å². The van der Waals surface area contributed by atoms with Crippen molar-refractivity contribution in [3.8, 4) is 0 Å². The smallest absolute Gasteiger partial charge is 0.342 e. The van der Waals surface area contributed by atoms with E-state index in [1.807, 2.05) is 0 Å². The second-order valence-corrected chi connectivity index (χ2v) is 4.27. The molecule has 1 aromatic rings. The Morgan fingerprint density at radius 1 is 1.47 bits per heavy atom. The molecule has 0 radical (unpaired) electrons. The molecule has 0 aliphatic carbocycles. The summed E-state index contributed by atoms with van der Waals surface area (Å²) in [6.45, 7) is 0. The average Bonchev–Trinajstić information content (AvgIpc) is 2.36. The van der Waals surface area contributed by atoms with E-state index in [1.54, 1.807) is 0 Å². The van der Waals surface area contributed by atoms with Gasteiger partial charge in [0, 0.05) is 17.0 Å². The second kappa shape index (κ2) is 6.04. The van der Waals surface area contributed by atoms with Crippen LogP contribution < -0.4 is 0 Å². The summed E-state index contributed by atoms with van der Waals surface area (Å²) < 4.78 is 13.6. The number of nitrogens with zero attached hydrogens (tertiary/aromatic N) is 1. The topological polar surface area (TPSA) is 121 Å². The molecular formula is C10H9BrFNO6. The monoisotopic (exact) mass is 337 g/mol. The first-order valence-corrected chi connectivity index (χ1v) is 6.05. The molecule has 0 amide bonds. The molecule has 9 heteroatoms. The van der Waals surface area contributed by atoms with Gasteiger partial charge in [-0.3, -0.25) is 10.1 Å². The number of hydrogen-bond donors (Lipinski definition) is 3. The Morgan fingerprint density at radius 3 is 2.47 bits per heavy atom. The Hall–Kier alpha value is -1.58. The minimum atomic E-state index is -1.71. The van der Waals surface area contributed by atoms with Crippen molar-refractivity contribution < 1.29 is 29.4 Å². The summed E-state index contributed by atoms with van der Waals surface area (Å²) >= 11 is 2.86. The third kappa shape index (κ3) is 3.25. The molecule has 104 valence electrons. The number of carboxylic acids is 1. The van der Waals surface area contributed by atoms with Gasteiger partial charge >= 0.3 is 5.97 Å². The van der Waals surface area contributed by atoms with Crippen LogP contribution in [0.5, 0.6) is 0 Å². The number of carbonyl (C=O) groups is 1. The first kappa shape index (κ1) is 15.5. The van der Waals surface area contributed by atoms with Crippen LogP contribution in [0.1, 0.15) is 22.0 Å². The van der Waals surface area contributed by atoms with Crippen LogP contribution in [-0.2, 0) is 0 Å². The SMILES string of the molecule is O=C(O)c1cc(F)c(C(O)C(O)CBr)cc1[N+](=O)[O-]. The van der Waals surface area contributed by atoms with Gasteiger partial charge < -0.3 is 15.3 Å². The highest BCUT2D eigenvalue weighted by Gasteiger charge is 2.28. The highest BCUT2D eigenvalue weighted by Crippen LogP contribution is 2.29. The number of halogens is 2. The van der Waals surface area contributed by atoms with E-state index in [4.69, 9.17) is 5.11 Å². The van der Waals surface area contributed by atoms with Crippen LogP contribution in [0.4, 0.5) is 10.1 Å². The van der Waals surface area contributed by atoms with Crippen molar-refractivity contribution in [1.82, 2.24) is 0 Å². The number of hydrogen-bond acceptors (Lipinski definition) is 5. The molecule has 7 nitrogen and oxygen atoms in total. The van der Waals surface area contributed by atoms with Crippen LogP contribution in [-0.4, -0.2) is 37.6 Å². The van der Waals surface area contributed by atoms with Crippen molar-refractivity contribution in [2.45, 2.75) is 12.2 Å². The second-order valence-electron chi connectivity index (χ2n) is 3.62. The van der Waals surface area contributed by atoms with E-state index in [9.17, 15) is 29.5 Å². The summed E-state index contributed by atoms with van der Waals surface area (Å²) in [7, 11) is 0. The van der Waals surface area contributed by atoms with Gasteiger partial charge in [-0.05, 0) is 6.07 Å². The lowest BCUT2D eigenvalue weighted by Crippen LogP contribution is -2.21. The molecule has 3 N–H and O–H groups in total. The van der Waals surface area contributed by atoms with Gasteiger partial charge in [0.2, 0.25) is 0 Å². The lowest BCUT2D eigenvalue weighted by Gasteiger charge is -2.16. The molecule has 0 saturated heterocycles. The summed E-state index contributed by atoms with van der Waals surface area (Å²) in [5.74, 6) is -2.80. The lowest BCUT2D eigenvalue weighted by atomic mass is 10.0. The molecule has 0 aliphatic rings. The van der Waals surface area contributed by atoms with Gasteiger partial charge in [-0.25, -0.2) is 9.18 Å². The third-order valence-electron chi connectivity index (χ3n) is 2.38. The van der Waals surface area contributed by atoms with Crippen molar-refractivity contribution >= 4 is 27.6 Å². The van der Waals surface area contributed by atoms with Crippen molar-refractivity contribution in [3.63, 3.8) is 0 Å². The van der Waals surface area contributed by atoms with E-state index in [1.165, 1.54) is 0 Å². The van der Waals surface area contributed by atoms with Gasteiger partial charge in [-0.15, -0.1) is 0 Å². The molecule has 0 heterocycles. The lowest BCUT2D eigenvalue weighted by molar-refractivity contribution is -0.385. The van der Waals surface area contributed by atoms with Gasteiger partial charge in [-0.2, -0.15) is 0 Å². The quantitative estimate of drug-likeness (QED) is 0.422. The van der Waals surface area contributed by atoms with Crippen LogP contribution in [0.3, 0.4) is 0 Å². The number of aliphatic hydroxyl groups excluding tert-OH is 2. The average molecular weight is 338 g/mol. The Bertz CT molecular complexity index is 523. The number of rotatable bonds is 5. The van der Waals surface area contributed by atoms with Gasteiger partial charge in [0.05, 0.1) is 11.0 Å². The molecule has 0 aromatic heterocycles.